The highest BCUT2D eigenvalue weighted by atomic mass is 16.5. The van der Waals surface area contributed by atoms with E-state index in [2.05, 4.69) is 22.9 Å². The fourth-order valence-electron chi connectivity index (χ4n) is 2.69. The lowest BCUT2D eigenvalue weighted by Crippen LogP contribution is -2.31. The molecule has 6 nitrogen and oxygen atoms in total. The Labute approximate surface area is 146 Å². The number of carbonyl (C=O) groups excluding carboxylic acids is 2. The Balaban J connectivity index is 1.65. The van der Waals surface area contributed by atoms with E-state index in [0.29, 0.717) is 11.4 Å². The Morgan fingerprint density at radius 3 is 2.92 bits per heavy atom. The summed E-state index contributed by atoms with van der Waals surface area (Å²) in [6, 6.07) is 12.7. The van der Waals surface area contributed by atoms with Crippen molar-refractivity contribution in [3.63, 3.8) is 0 Å². The normalized spacial score (nSPS) is 13.9. The molecule has 0 aromatic heterocycles. The van der Waals surface area contributed by atoms with Crippen molar-refractivity contribution in [1.29, 1.82) is 0 Å². The molecule has 0 aliphatic carbocycles. The number of fused-ring (bicyclic) bond motifs is 1. The average Bonchev–Trinajstić information content (AvgIpc) is 2.61. The van der Waals surface area contributed by atoms with E-state index in [4.69, 9.17) is 4.74 Å². The number of anilines is 2. The maximum atomic E-state index is 12.2. The zero-order valence-electron chi connectivity index (χ0n) is 14.3. The third-order valence-corrected chi connectivity index (χ3v) is 4.08. The Hall–Kier alpha value is -3.02. The van der Waals surface area contributed by atoms with Gasteiger partial charge in [-0.25, -0.2) is 4.79 Å². The Morgan fingerprint density at radius 2 is 2.12 bits per heavy atom. The number of benzene rings is 2. The molecule has 130 valence electrons. The molecule has 1 aliphatic rings. The van der Waals surface area contributed by atoms with Gasteiger partial charge in [0, 0.05) is 5.69 Å². The molecule has 0 fully saturated rings. The number of hydrogen-bond acceptors (Lipinski definition) is 3. The monoisotopic (exact) mass is 339 g/mol. The van der Waals surface area contributed by atoms with E-state index < -0.39 is 0 Å². The number of aryl methyl sites for hydroxylation is 1. The minimum absolute atomic E-state index is 0.0272. The molecule has 6 heteroatoms. The van der Waals surface area contributed by atoms with Crippen molar-refractivity contribution in [2.75, 3.05) is 17.2 Å². The third kappa shape index (κ3) is 4.09. The van der Waals surface area contributed by atoms with Crippen LogP contribution < -0.4 is 20.7 Å². The largest absolute Gasteiger partial charge is 0.482 e. The number of hydrogen-bond donors (Lipinski definition) is 3. The first kappa shape index (κ1) is 16.8. The minimum Gasteiger partial charge on any atom is -0.482 e. The number of nitrogens with one attached hydrogen (secondary N) is 3. The molecule has 1 atom stereocenters. The van der Waals surface area contributed by atoms with E-state index >= 15 is 0 Å². The number of urea groups is 1. The predicted molar refractivity (Wildman–Crippen MR) is 97.0 cm³/mol. The molecule has 2 aromatic carbocycles. The summed E-state index contributed by atoms with van der Waals surface area (Å²) >= 11 is 0. The molecule has 0 spiro atoms. The summed E-state index contributed by atoms with van der Waals surface area (Å²) in [5, 5.41) is 8.51. The summed E-state index contributed by atoms with van der Waals surface area (Å²) in [7, 11) is 0. The van der Waals surface area contributed by atoms with Crippen LogP contribution in [0.15, 0.2) is 42.5 Å². The molecule has 1 heterocycles. The van der Waals surface area contributed by atoms with Crippen LogP contribution in [0.25, 0.3) is 0 Å². The highest BCUT2D eigenvalue weighted by molar-refractivity contribution is 5.95. The van der Waals surface area contributed by atoms with Crippen molar-refractivity contribution >= 4 is 23.3 Å². The van der Waals surface area contributed by atoms with Gasteiger partial charge in [-0.2, -0.15) is 0 Å². The van der Waals surface area contributed by atoms with E-state index in [1.807, 2.05) is 43.3 Å². The lowest BCUT2D eigenvalue weighted by atomic mass is 10.1. The maximum Gasteiger partial charge on any atom is 0.319 e. The zero-order valence-corrected chi connectivity index (χ0v) is 14.3. The maximum absolute atomic E-state index is 12.2. The van der Waals surface area contributed by atoms with Crippen molar-refractivity contribution in [3.05, 3.63) is 53.6 Å². The lowest BCUT2D eigenvalue weighted by Gasteiger charge is -2.21. The van der Waals surface area contributed by atoms with Crippen molar-refractivity contribution < 1.29 is 14.3 Å². The topological polar surface area (TPSA) is 79.5 Å². The molecule has 3 rings (SSSR count). The van der Waals surface area contributed by atoms with E-state index in [-0.39, 0.29) is 24.6 Å². The molecular weight excluding hydrogens is 318 g/mol. The van der Waals surface area contributed by atoms with Crippen LogP contribution in [-0.2, 0) is 11.2 Å². The average molecular weight is 339 g/mol. The molecule has 0 saturated carbocycles. The van der Waals surface area contributed by atoms with Crippen molar-refractivity contribution in [2.24, 2.45) is 0 Å². The Bertz CT molecular complexity index is 804. The summed E-state index contributed by atoms with van der Waals surface area (Å²) in [6.45, 7) is 3.98. The van der Waals surface area contributed by atoms with Crippen molar-refractivity contribution in [3.8, 4) is 5.75 Å². The van der Waals surface area contributed by atoms with E-state index in [0.717, 1.165) is 23.2 Å². The summed E-state index contributed by atoms with van der Waals surface area (Å²) in [5.41, 5.74) is 3.42. The first-order valence-electron chi connectivity index (χ1n) is 8.28. The van der Waals surface area contributed by atoms with Gasteiger partial charge in [0.15, 0.2) is 6.61 Å². The molecule has 0 saturated heterocycles. The smallest absolute Gasteiger partial charge is 0.319 e. The quantitative estimate of drug-likeness (QED) is 0.798. The lowest BCUT2D eigenvalue weighted by molar-refractivity contribution is -0.118. The summed E-state index contributed by atoms with van der Waals surface area (Å²) < 4.78 is 5.34. The van der Waals surface area contributed by atoms with Gasteiger partial charge < -0.3 is 20.7 Å². The van der Waals surface area contributed by atoms with Gasteiger partial charge >= 0.3 is 6.03 Å². The highest BCUT2D eigenvalue weighted by Crippen LogP contribution is 2.30. The van der Waals surface area contributed by atoms with E-state index in [1.165, 1.54) is 0 Å². The Kier molecular flexibility index (Phi) is 4.88. The predicted octanol–water partition coefficient (Wildman–Crippen LogP) is 3.46. The summed E-state index contributed by atoms with van der Waals surface area (Å²) in [5.74, 6) is 0.454. The number of ether oxygens (including phenoxy) is 1. The van der Waals surface area contributed by atoms with Gasteiger partial charge in [-0.05, 0) is 48.7 Å². The second-order valence-corrected chi connectivity index (χ2v) is 5.97. The van der Waals surface area contributed by atoms with Crippen LogP contribution in [0.1, 0.15) is 31.0 Å². The first-order chi connectivity index (χ1) is 12.0. The fraction of sp³-hybridized carbons (Fsp3) is 0.263. The summed E-state index contributed by atoms with van der Waals surface area (Å²) in [4.78, 5) is 23.6. The first-order valence-corrected chi connectivity index (χ1v) is 8.28. The molecule has 2 aromatic rings. The number of rotatable bonds is 4. The van der Waals surface area contributed by atoms with Crippen molar-refractivity contribution in [2.45, 2.75) is 26.3 Å². The molecule has 0 radical (unpaired) electrons. The molecule has 25 heavy (non-hydrogen) atoms. The van der Waals surface area contributed by atoms with Gasteiger partial charge in [0.2, 0.25) is 0 Å². The number of carbonyl (C=O) groups is 2. The van der Waals surface area contributed by atoms with Crippen LogP contribution in [0.5, 0.6) is 5.75 Å². The van der Waals surface area contributed by atoms with Gasteiger partial charge in [0.1, 0.15) is 5.75 Å². The van der Waals surface area contributed by atoms with Gasteiger partial charge in [-0.3, -0.25) is 4.79 Å². The molecule has 1 unspecified atom stereocenters. The highest BCUT2D eigenvalue weighted by Gasteiger charge is 2.18. The Morgan fingerprint density at radius 1 is 1.28 bits per heavy atom. The second kappa shape index (κ2) is 7.25. The van der Waals surface area contributed by atoms with Crippen LogP contribution in [0.3, 0.4) is 0 Å². The molecular formula is C19H21N3O3. The number of amides is 3. The second-order valence-electron chi connectivity index (χ2n) is 5.97. The van der Waals surface area contributed by atoms with E-state index in [9.17, 15) is 9.59 Å². The van der Waals surface area contributed by atoms with Crippen LogP contribution >= 0.6 is 0 Å². The molecule has 3 N–H and O–H groups in total. The van der Waals surface area contributed by atoms with Gasteiger partial charge in [0.05, 0.1) is 11.7 Å². The van der Waals surface area contributed by atoms with Crippen LogP contribution in [0, 0.1) is 0 Å². The molecule has 0 bridgehead atoms. The van der Waals surface area contributed by atoms with Crippen LogP contribution in [-0.4, -0.2) is 18.5 Å². The van der Waals surface area contributed by atoms with Gasteiger partial charge in [-0.15, -0.1) is 0 Å². The third-order valence-electron chi connectivity index (χ3n) is 4.08. The molecule has 1 aliphatic heterocycles. The SMILES string of the molecule is CCc1cccc(NC(=O)NC(C)c2ccc3c(c2)NC(=O)CO3)c1. The standard InChI is InChI=1S/C19H21N3O3/c1-3-13-5-4-6-15(9-13)21-19(24)20-12(2)14-7-8-17-16(10-14)22-18(23)11-25-17/h4-10,12H,3,11H2,1-2H3,(H,22,23)(H2,20,21,24). The zero-order chi connectivity index (χ0) is 17.8. The molecule has 3 amide bonds. The minimum atomic E-state index is -0.279. The van der Waals surface area contributed by atoms with Crippen molar-refractivity contribution in [1.82, 2.24) is 5.32 Å². The van der Waals surface area contributed by atoms with Gasteiger partial charge in [0.25, 0.3) is 5.91 Å². The fourth-order valence-corrected chi connectivity index (χ4v) is 2.69. The van der Waals surface area contributed by atoms with Crippen LogP contribution in [0.4, 0.5) is 16.2 Å². The van der Waals surface area contributed by atoms with Crippen LogP contribution in [0.2, 0.25) is 0 Å². The summed E-state index contributed by atoms with van der Waals surface area (Å²) in [6.07, 6.45) is 0.913. The van der Waals surface area contributed by atoms with E-state index in [1.54, 1.807) is 6.07 Å². The van der Waals surface area contributed by atoms with Gasteiger partial charge in [-0.1, -0.05) is 25.1 Å².